The summed E-state index contributed by atoms with van der Waals surface area (Å²) in [6.45, 7) is 5.99. The zero-order chi connectivity index (χ0) is 11.1. The molecule has 1 amide bonds. The van der Waals surface area contributed by atoms with E-state index in [-0.39, 0.29) is 11.9 Å². The number of rotatable bonds is 5. The third-order valence-corrected chi connectivity index (χ3v) is 2.70. The zero-order valence-corrected chi connectivity index (χ0v) is 9.58. The SMILES string of the molecule is CCC(C#N)C(=O)N(C)C(CC)CC. The first kappa shape index (κ1) is 13.0. The Balaban J connectivity index is 4.44. The molecule has 3 heteroatoms. The van der Waals surface area contributed by atoms with Gasteiger partial charge in [-0.15, -0.1) is 0 Å². The average molecular weight is 196 g/mol. The van der Waals surface area contributed by atoms with Crippen molar-refractivity contribution in [1.29, 1.82) is 5.26 Å². The summed E-state index contributed by atoms with van der Waals surface area (Å²) in [5.74, 6) is -0.510. The molecular formula is C11H20N2O. The van der Waals surface area contributed by atoms with Gasteiger partial charge >= 0.3 is 0 Å². The lowest BCUT2D eigenvalue weighted by atomic mass is 10.0. The van der Waals surface area contributed by atoms with Crippen LogP contribution >= 0.6 is 0 Å². The van der Waals surface area contributed by atoms with E-state index in [9.17, 15) is 4.79 Å². The first-order chi connectivity index (χ1) is 6.62. The Labute approximate surface area is 86.7 Å². The van der Waals surface area contributed by atoms with Crippen molar-refractivity contribution in [1.82, 2.24) is 4.90 Å². The maximum absolute atomic E-state index is 11.8. The molecule has 1 atom stereocenters. The lowest BCUT2D eigenvalue weighted by Gasteiger charge is -2.27. The van der Waals surface area contributed by atoms with Crippen molar-refractivity contribution >= 4 is 5.91 Å². The number of carbonyl (C=O) groups is 1. The molecule has 3 nitrogen and oxygen atoms in total. The highest BCUT2D eigenvalue weighted by atomic mass is 16.2. The van der Waals surface area contributed by atoms with E-state index in [0.717, 1.165) is 12.8 Å². The van der Waals surface area contributed by atoms with Crippen LogP contribution in [0.3, 0.4) is 0 Å². The Hall–Kier alpha value is -1.04. The normalized spacial score (nSPS) is 12.3. The summed E-state index contributed by atoms with van der Waals surface area (Å²) >= 11 is 0. The van der Waals surface area contributed by atoms with Crippen LogP contribution < -0.4 is 0 Å². The van der Waals surface area contributed by atoms with E-state index < -0.39 is 5.92 Å². The van der Waals surface area contributed by atoms with Gasteiger partial charge in [-0.2, -0.15) is 5.26 Å². The number of carbonyl (C=O) groups excluding carboxylic acids is 1. The van der Waals surface area contributed by atoms with Crippen LogP contribution in [0.4, 0.5) is 0 Å². The second kappa shape index (κ2) is 6.42. The molecule has 14 heavy (non-hydrogen) atoms. The summed E-state index contributed by atoms with van der Waals surface area (Å²) < 4.78 is 0. The van der Waals surface area contributed by atoms with E-state index in [1.165, 1.54) is 0 Å². The van der Waals surface area contributed by atoms with Crippen LogP contribution in [0.25, 0.3) is 0 Å². The van der Waals surface area contributed by atoms with E-state index in [0.29, 0.717) is 6.42 Å². The minimum absolute atomic E-state index is 0.0382. The molecule has 0 aromatic carbocycles. The molecule has 0 bridgehead atoms. The van der Waals surface area contributed by atoms with Crippen molar-refractivity contribution in [2.75, 3.05) is 7.05 Å². The van der Waals surface area contributed by atoms with Crippen LogP contribution in [0.1, 0.15) is 40.0 Å². The fraction of sp³-hybridized carbons (Fsp3) is 0.818. The lowest BCUT2D eigenvalue weighted by molar-refractivity contribution is -0.134. The molecule has 0 spiro atoms. The first-order valence-electron chi connectivity index (χ1n) is 5.28. The van der Waals surface area contributed by atoms with Gasteiger partial charge in [-0.1, -0.05) is 20.8 Å². The van der Waals surface area contributed by atoms with Crippen LogP contribution in [0.5, 0.6) is 0 Å². The quantitative estimate of drug-likeness (QED) is 0.676. The molecular weight excluding hydrogens is 176 g/mol. The van der Waals surface area contributed by atoms with Crippen molar-refractivity contribution in [3.05, 3.63) is 0 Å². The number of amides is 1. The Morgan fingerprint density at radius 1 is 1.29 bits per heavy atom. The van der Waals surface area contributed by atoms with Crippen molar-refractivity contribution in [3.8, 4) is 6.07 Å². The van der Waals surface area contributed by atoms with Crippen LogP contribution in [0, 0.1) is 17.2 Å². The first-order valence-corrected chi connectivity index (χ1v) is 5.28. The molecule has 80 valence electrons. The largest absolute Gasteiger partial charge is 0.342 e. The van der Waals surface area contributed by atoms with Crippen LogP contribution in [-0.4, -0.2) is 23.9 Å². The predicted octanol–water partition coefficient (Wildman–Crippen LogP) is 2.18. The third-order valence-electron chi connectivity index (χ3n) is 2.70. The fourth-order valence-electron chi connectivity index (χ4n) is 1.58. The van der Waals surface area contributed by atoms with Crippen molar-refractivity contribution in [2.45, 2.75) is 46.1 Å². The van der Waals surface area contributed by atoms with E-state index in [1.807, 2.05) is 13.0 Å². The summed E-state index contributed by atoms with van der Waals surface area (Å²) in [7, 11) is 1.79. The molecule has 0 fully saturated rings. The van der Waals surface area contributed by atoms with Gasteiger partial charge in [-0.25, -0.2) is 0 Å². The van der Waals surface area contributed by atoms with Gasteiger partial charge in [0.05, 0.1) is 6.07 Å². The molecule has 0 aliphatic carbocycles. The molecule has 1 unspecified atom stereocenters. The summed E-state index contributed by atoms with van der Waals surface area (Å²) in [6.07, 6.45) is 2.49. The molecule has 0 aromatic rings. The van der Waals surface area contributed by atoms with Gasteiger partial charge in [0.15, 0.2) is 0 Å². The monoisotopic (exact) mass is 196 g/mol. The maximum atomic E-state index is 11.8. The Morgan fingerprint density at radius 2 is 1.79 bits per heavy atom. The van der Waals surface area contributed by atoms with E-state index in [4.69, 9.17) is 5.26 Å². The molecule has 0 aliphatic heterocycles. The van der Waals surface area contributed by atoms with Crippen LogP contribution in [-0.2, 0) is 4.79 Å². The van der Waals surface area contributed by atoms with Crippen LogP contribution in [0.2, 0.25) is 0 Å². The summed E-state index contributed by atoms with van der Waals surface area (Å²) in [6, 6.07) is 2.31. The van der Waals surface area contributed by atoms with Crippen molar-refractivity contribution < 1.29 is 4.79 Å². The predicted molar refractivity (Wildman–Crippen MR) is 56.5 cm³/mol. The van der Waals surface area contributed by atoms with Crippen molar-refractivity contribution in [3.63, 3.8) is 0 Å². The van der Waals surface area contributed by atoms with Gasteiger partial charge in [-0.05, 0) is 19.3 Å². The smallest absolute Gasteiger partial charge is 0.239 e. The van der Waals surface area contributed by atoms with Gasteiger partial charge < -0.3 is 4.90 Å². The summed E-state index contributed by atoms with van der Waals surface area (Å²) in [5.41, 5.74) is 0. The second-order valence-electron chi connectivity index (χ2n) is 3.51. The molecule has 0 rings (SSSR count). The van der Waals surface area contributed by atoms with E-state index in [1.54, 1.807) is 11.9 Å². The molecule has 0 aliphatic rings. The van der Waals surface area contributed by atoms with Gasteiger partial charge in [0, 0.05) is 13.1 Å². The molecule has 0 heterocycles. The highest BCUT2D eigenvalue weighted by molar-refractivity contribution is 5.81. The van der Waals surface area contributed by atoms with Crippen molar-refractivity contribution in [2.24, 2.45) is 5.92 Å². The standard InChI is InChI=1S/C11H20N2O/c1-5-9(8-12)11(14)13(4)10(6-2)7-3/h9-10H,5-7H2,1-4H3. The minimum atomic E-state index is -0.472. The molecule has 0 radical (unpaired) electrons. The van der Waals surface area contributed by atoms with Gasteiger partial charge in [0.1, 0.15) is 5.92 Å². The van der Waals surface area contributed by atoms with Crippen LogP contribution in [0.15, 0.2) is 0 Å². The molecule has 0 saturated carbocycles. The highest BCUT2D eigenvalue weighted by Crippen LogP contribution is 2.12. The number of hydrogen-bond donors (Lipinski definition) is 0. The van der Waals surface area contributed by atoms with E-state index in [2.05, 4.69) is 13.8 Å². The third kappa shape index (κ3) is 3.02. The highest BCUT2D eigenvalue weighted by Gasteiger charge is 2.23. The van der Waals surface area contributed by atoms with Gasteiger partial charge in [-0.3, -0.25) is 4.79 Å². The molecule has 0 saturated heterocycles. The number of nitrogens with zero attached hydrogens (tertiary/aromatic N) is 2. The van der Waals surface area contributed by atoms with Gasteiger partial charge in [0.25, 0.3) is 0 Å². The Kier molecular flexibility index (Phi) is 5.94. The summed E-state index contributed by atoms with van der Waals surface area (Å²) in [5, 5.41) is 8.78. The fourth-order valence-corrected chi connectivity index (χ4v) is 1.58. The Bertz CT molecular complexity index is 216. The second-order valence-corrected chi connectivity index (χ2v) is 3.51. The average Bonchev–Trinajstić information content (AvgIpc) is 2.21. The minimum Gasteiger partial charge on any atom is -0.342 e. The Morgan fingerprint density at radius 3 is 2.07 bits per heavy atom. The van der Waals surface area contributed by atoms with E-state index >= 15 is 0 Å². The topological polar surface area (TPSA) is 44.1 Å². The number of nitriles is 1. The lowest BCUT2D eigenvalue weighted by Crippen LogP contribution is -2.39. The molecule has 0 aromatic heterocycles. The number of hydrogen-bond acceptors (Lipinski definition) is 2. The zero-order valence-electron chi connectivity index (χ0n) is 9.58. The maximum Gasteiger partial charge on any atom is 0.239 e. The summed E-state index contributed by atoms with van der Waals surface area (Å²) in [4.78, 5) is 13.5. The molecule has 0 N–H and O–H groups in total. The van der Waals surface area contributed by atoms with Gasteiger partial charge in [0.2, 0.25) is 5.91 Å².